The van der Waals surface area contributed by atoms with Gasteiger partial charge in [-0.2, -0.15) is 0 Å². The molecule has 1 aromatic rings. The van der Waals surface area contributed by atoms with E-state index >= 15 is 0 Å². The van der Waals surface area contributed by atoms with E-state index in [2.05, 4.69) is 14.8 Å². The van der Waals surface area contributed by atoms with Crippen LogP contribution in [0.1, 0.15) is 33.6 Å². The highest BCUT2D eigenvalue weighted by atomic mass is 16.6. The van der Waals surface area contributed by atoms with Gasteiger partial charge < -0.3 is 14.8 Å². The van der Waals surface area contributed by atoms with Crippen LogP contribution in [0, 0.1) is 10.1 Å². The minimum absolute atomic E-state index is 0.0438. The third-order valence-electron chi connectivity index (χ3n) is 2.88. The molecule has 9 heteroatoms. The Morgan fingerprint density at radius 2 is 1.78 bits per heavy atom. The van der Waals surface area contributed by atoms with E-state index in [9.17, 15) is 24.5 Å². The second kappa shape index (κ2) is 8.47. The summed E-state index contributed by atoms with van der Waals surface area (Å²) in [5, 5.41) is 13.4. The van der Waals surface area contributed by atoms with Crippen molar-refractivity contribution in [3.05, 3.63) is 39.4 Å². The van der Waals surface area contributed by atoms with E-state index in [0.717, 1.165) is 19.2 Å². The predicted molar refractivity (Wildman–Crippen MR) is 78.0 cm³/mol. The van der Waals surface area contributed by atoms with Crippen LogP contribution >= 0.6 is 0 Å². The molecule has 0 aliphatic carbocycles. The summed E-state index contributed by atoms with van der Waals surface area (Å²) in [5.41, 5.74) is -0.535. The number of rotatable bonds is 7. The topological polar surface area (TPSA) is 125 Å². The number of methoxy groups -OCH3 is 2. The zero-order valence-electron chi connectivity index (χ0n) is 12.7. The Labute approximate surface area is 131 Å². The van der Waals surface area contributed by atoms with Crippen LogP contribution in [0.5, 0.6) is 0 Å². The molecule has 9 nitrogen and oxygen atoms in total. The number of nitro groups is 1. The number of ether oxygens (including phenoxy) is 2. The number of nitro benzene ring substituents is 1. The number of amides is 1. The van der Waals surface area contributed by atoms with Crippen LogP contribution in [0.25, 0.3) is 0 Å². The molecule has 0 radical (unpaired) electrons. The van der Waals surface area contributed by atoms with Crippen molar-refractivity contribution in [3.8, 4) is 0 Å². The standard InChI is InChI=1S/C14H16N2O7/c1-22-12(17)4-3-5-15-13(18)9-6-10(14(19)23-2)8-11(7-9)16(20)21/h6-8H,3-5H2,1-2H3,(H,15,18). The first kappa shape index (κ1) is 18.1. The van der Waals surface area contributed by atoms with Crippen molar-refractivity contribution >= 4 is 23.5 Å². The third kappa shape index (κ3) is 5.38. The first-order valence-electron chi connectivity index (χ1n) is 6.62. The fourth-order valence-corrected chi connectivity index (χ4v) is 1.72. The zero-order chi connectivity index (χ0) is 17.4. The van der Waals surface area contributed by atoms with Gasteiger partial charge in [0.2, 0.25) is 0 Å². The summed E-state index contributed by atoms with van der Waals surface area (Å²) in [6.45, 7) is 0.185. The minimum Gasteiger partial charge on any atom is -0.469 e. The number of nitrogens with zero attached hydrogens (tertiary/aromatic N) is 1. The van der Waals surface area contributed by atoms with Crippen LogP contribution in [-0.4, -0.2) is 43.5 Å². The lowest BCUT2D eigenvalue weighted by Gasteiger charge is -2.06. The van der Waals surface area contributed by atoms with Crippen molar-refractivity contribution in [2.75, 3.05) is 20.8 Å². The molecule has 0 saturated heterocycles. The second-order valence-corrected chi connectivity index (χ2v) is 4.45. The van der Waals surface area contributed by atoms with Crippen LogP contribution in [0.3, 0.4) is 0 Å². The van der Waals surface area contributed by atoms with Gasteiger partial charge in [-0.05, 0) is 12.5 Å². The molecule has 124 valence electrons. The maximum absolute atomic E-state index is 12.0. The van der Waals surface area contributed by atoms with Crippen molar-refractivity contribution in [2.24, 2.45) is 0 Å². The average Bonchev–Trinajstić information content (AvgIpc) is 2.56. The van der Waals surface area contributed by atoms with Crippen molar-refractivity contribution in [3.63, 3.8) is 0 Å². The van der Waals surface area contributed by atoms with Gasteiger partial charge in [-0.25, -0.2) is 4.79 Å². The number of carbonyl (C=O) groups excluding carboxylic acids is 3. The van der Waals surface area contributed by atoms with Crippen molar-refractivity contribution in [1.82, 2.24) is 5.32 Å². The first-order chi connectivity index (χ1) is 10.9. The summed E-state index contributed by atoms with van der Waals surface area (Å²) in [7, 11) is 2.39. The molecule has 1 amide bonds. The van der Waals surface area contributed by atoms with Crippen LogP contribution < -0.4 is 5.32 Å². The summed E-state index contributed by atoms with van der Waals surface area (Å²) in [4.78, 5) is 44.6. The zero-order valence-corrected chi connectivity index (χ0v) is 12.7. The summed E-state index contributed by atoms with van der Waals surface area (Å²) < 4.78 is 8.96. The number of benzene rings is 1. The normalized spacial score (nSPS) is 9.83. The van der Waals surface area contributed by atoms with Gasteiger partial charge in [0.25, 0.3) is 11.6 Å². The monoisotopic (exact) mass is 324 g/mol. The lowest BCUT2D eigenvalue weighted by Crippen LogP contribution is -2.25. The van der Waals surface area contributed by atoms with E-state index < -0.39 is 28.5 Å². The van der Waals surface area contributed by atoms with Gasteiger partial charge in [-0.1, -0.05) is 0 Å². The highest BCUT2D eigenvalue weighted by Crippen LogP contribution is 2.18. The maximum Gasteiger partial charge on any atom is 0.338 e. The van der Waals surface area contributed by atoms with Gasteiger partial charge in [0.15, 0.2) is 0 Å². The molecule has 0 spiro atoms. The molecule has 23 heavy (non-hydrogen) atoms. The van der Waals surface area contributed by atoms with Gasteiger partial charge in [0.1, 0.15) is 0 Å². The molecular formula is C14H16N2O7. The largest absolute Gasteiger partial charge is 0.469 e. The highest BCUT2D eigenvalue weighted by Gasteiger charge is 2.18. The lowest BCUT2D eigenvalue weighted by molar-refractivity contribution is -0.384. The number of carbonyl (C=O) groups is 3. The molecule has 0 saturated carbocycles. The third-order valence-corrected chi connectivity index (χ3v) is 2.88. The summed E-state index contributed by atoms with van der Waals surface area (Å²) in [5.74, 6) is -1.78. The van der Waals surface area contributed by atoms with Crippen molar-refractivity contribution in [1.29, 1.82) is 0 Å². The lowest BCUT2D eigenvalue weighted by atomic mass is 10.1. The Bertz CT molecular complexity index is 628. The van der Waals surface area contributed by atoms with Crippen LogP contribution in [0.4, 0.5) is 5.69 Å². The maximum atomic E-state index is 12.0. The summed E-state index contributed by atoms with van der Waals surface area (Å²) in [6, 6.07) is 3.29. The van der Waals surface area contributed by atoms with Crippen LogP contribution in [0.15, 0.2) is 18.2 Å². The fraction of sp³-hybridized carbons (Fsp3) is 0.357. The number of nitrogens with one attached hydrogen (secondary N) is 1. The SMILES string of the molecule is COC(=O)CCCNC(=O)c1cc(C(=O)OC)cc([N+](=O)[O-])c1. The number of hydrogen-bond donors (Lipinski definition) is 1. The van der Waals surface area contributed by atoms with E-state index in [4.69, 9.17) is 0 Å². The Morgan fingerprint density at radius 1 is 1.13 bits per heavy atom. The fourth-order valence-electron chi connectivity index (χ4n) is 1.72. The Balaban J connectivity index is 2.82. The second-order valence-electron chi connectivity index (χ2n) is 4.45. The smallest absolute Gasteiger partial charge is 0.338 e. The molecule has 0 aliphatic rings. The number of esters is 2. The van der Waals surface area contributed by atoms with Gasteiger partial charge >= 0.3 is 11.9 Å². The highest BCUT2D eigenvalue weighted by molar-refractivity contribution is 5.98. The van der Waals surface area contributed by atoms with E-state index in [0.29, 0.717) is 6.42 Å². The van der Waals surface area contributed by atoms with Gasteiger partial charge in [0.05, 0.1) is 24.7 Å². The first-order valence-corrected chi connectivity index (χ1v) is 6.62. The molecule has 0 heterocycles. The Hall–Kier alpha value is -2.97. The van der Waals surface area contributed by atoms with Gasteiger partial charge in [-0.15, -0.1) is 0 Å². The van der Waals surface area contributed by atoms with Crippen LogP contribution in [0.2, 0.25) is 0 Å². The molecule has 0 fully saturated rings. The van der Waals surface area contributed by atoms with Gasteiger partial charge in [-0.3, -0.25) is 19.7 Å². The minimum atomic E-state index is -0.784. The molecule has 1 rings (SSSR count). The summed E-state index contributed by atoms with van der Waals surface area (Å²) in [6.07, 6.45) is 0.496. The quantitative estimate of drug-likeness (QED) is 0.344. The molecule has 0 bridgehead atoms. The van der Waals surface area contributed by atoms with Crippen LogP contribution in [-0.2, 0) is 14.3 Å². The molecule has 0 atom stereocenters. The van der Waals surface area contributed by atoms with E-state index in [-0.39, 0.29) is 24.1 Å². The Kier molecular flexibility index (Phi) is 6.66. The molecule has 0 aromatic heterocycles. The van der Waals surface area contributed by atoms with E-state index in [1.54, 1.807) is 0 Å². The van der Waals surface area contributed by atoms with Crippen molar-refractivity contribution in [2.45, 2.75) is 12.8 Å². The summed E-state index contributed by atoms with van der Waals surface area (Å²) >= 11 is 0. The molecule has 0 unspecified atom stereocenters. The molecule has 1 N–H and O–H groups in total. The number of hydrogen-bond acceptors (Lipinski definition) is 7. The average molecular weight is 324 g/mol. The Morgan fingerprint density at radius 3 is 2.35 bits per heavy atom. The molecule has 1 aromatic carbocycles. The number of non-ortho nitro benzene ring substituents is 1. The van der Waals surface area contributed by atoms with Crippen molar-refractivity contribution < 1.29 is 28.8 Å². The van der Waals surface area contributed by atoms with Gasteiger partial charge in [0, 0.05) is 30.7 Å². The van der Waals surface area contributed by atoms with E-state index in [1.807, 2.05) is 0 Å². The predicted octanol–water partition coefficient (Wildman–Crippen LogP) is 1.06. The van der Waals surface area contributed by atoms with E-state index in [1.165, 1.54) is 13.2 Å². The molecule has 0 aliphatic heterocycles. The molecular weight excluding hydrogens is 308 g/mol.